The van der Waals surface area contributed by atoms with Gasteiger partial charge in [0.25, 0.3) is 0 Å². The lowest BCUT2D eigenvalue weighted by atomic mass is 9.95. The number of nitrogens with zero attached hydrogens (tertiary/aromatic N) is 5. The summed E-state index contributed by atoms with van der Waals surface area (Å²) in [6.07, 6.45) is 0. The van der Waals surface area contributed by atoms with Gasteiger partial charge in [-0.25, -0.2) is 15.0 Å². The minimum absolute atomic E-state index is 0.608. The molecule has 0 spiro atoms. The third-order valence-electron chi connectivity index (χ3n) is 11.8. The molecule has 0 radical (unpaired) electrons. The van der Waals surface area contributed by atoms with Crippen LogP contribution in [0.4, 0.5) is 17.1 Å². The molecule has 0 aliphatic rings. The fourth-order valence-electron chi connectivity index (χ4n) is 8.72. The molecule has 5 nitrogen and oxygen atoms in total. The van der Waals surface area contributed by atoms with Crippen LogP contribution in [-0.2, 0) is 0 Å². The second-order valence-corrected chi connectivity index (χ2v) is 15.7. The summed E-state index contributed by atoms with van der Waals surface area (Å²) < 4.78 is 2.41. The average molecular weight is 808 g/mol. The summed E-state index contributed by atoms with van der Waals surface area (Å²) in [7, 11) is 0. The number of fused-ring (bicyclic) bond motifs is 3. The maximum Gasteiger partial charge on any atom is 0.164 e. The van der Waals surface area contributed by atoms with Crippen molar-refractivity contribution in [1.82, 2.24) is 19.5 Å². The first-order valence-corrected chi connectivity index (χ1v) is 21.3. The van der Waals surface area contributed by atoms with E-state index in [1.165, 1.54) is 16.5 Å². The number of hydrogen-bond acceptors (Lipinski definition) is 4. The van der Waals surface area contributed by atoms with Gasteiger partial charge in [-0.05, 0) is 83.8 Å². The topological polar surface area (TPSA) is 46.8 Å². The number of anilines is 3. The van der Waals surface area contributed by atoms with Crippen LogP contribution in [0.1, 0.15) is 5.56 Å². The molecular formula is C58H41N5. The first kappa shape index (κ1) is 37.6. The van der Waals surface area contributed by atoms with Gasteiger partial charge in [-0.1, -0.05) is 176 Å². The van der Waals surface area contributed by atoms with E-state index in [0.717, 1.165) is 72.5 Å². The maximum absolute atomic E-state index is 5.12. The molecule has 298 valence electrons. The Morgan fingerprint density at radius 3 is 1.43 bits per heavy atom. The van der Waals surface area contributed by atoms with Crippen LogP contribution in [0.15, 0.2) is 231 Å². The van der Waals surface area contributed by atoms with Crippen molar-refractivity contribution in [1.29, 1.82) is 0 Å². The number of aryl methyl sites for hydroxylation is 1. The first-order valence-electron chi connectivity index (χ1n) is 21.3. The molecule has 0 atom stereocenters. The summed E-state index contributed by atoms with van der Waals surface area (Å²) in [6, 6.07) is 81.2. The summed E-state index contributed by atoms with van der Waals surface area (Å²) in [5, 5.41) is 2.33. The van der Waals surface area contributed by atoms with Crippen molar-refractivity contribution < 1.29 is 0 Å². The molecule has 0 aliphatic carbocycles. The van der Waals surface area contributed by atoms with Crippen molar-refractivity contribution in [2.45, 2.75) is 6.92 Å². The highest BCUT2D eigenvalue weighted by Crippen LogP contribution is 2.46. The van der Waals surface area contributed by atoms with Crippen molar-refractivity contribution in [2.75, 3.05) is 4.90 Å². The Morgan fingerprint density at radius 1 is 0.349 bits per heavy atom. The minimum Gasteiger partial charge on any atom is -0.310 e. The van der Waals surface area contributed by atoms with E-state index in [4.69, 9.17) is 15.0 Å². The smallest absolute Gasteiger partial charge is 0.164 e. The number of hydrogen-bond donors (Lipinski definition) is 0. The standard InChI is InChI=1S/C58H41N5/c1-40-20-17-18-33-49(40)51-38-52-50-35-34-44(41-21-7-2-8-22-41)37-53(50)63(55(52)39-54(51)62(46-28-13-5-14-29-46)47-30-15-6-16-31-47)48-32-19-27-45(36-48)58-60-56(42-23-9-3-10-24-42)59-57(61-58)43-25-11-4-12-26-43/h2-39H,1H3. The molecule has 9 aromatic carbocycles. The molecule has 0 unspecified atom stereocenters. The summed E-state index contributed by atoms with van der Waals surface area (Å²) in [5.74, 6) is 1.87. The highest BCUT2D eigenvalue weighted by Gasteiger charge is 2.23. The van der Waals surface area contributed by atoms with Gasteiger partial charge in [-0.15, -0.1) is 0 Å². The molecule has 2 aromatic heterocycles. The van der Waals surface area contributed by atoms with Gasteiger partial charge >= 0.3 is 0 Å². The number of aromatic nitrogens is 4. The van der Waals surface area contributed by atoms with Gasteiger partial charge in [-0.3, -0.25) is 0 Å². The summed E-state index contributed by atoms with van der Waals surface area (Å²) in [5.41, 5.74) is 15.1. The van der Waals surface area contributed by atoms with Gasteiger partial charge in [0.15, 0.2) is 17.5 Å². The van der Waals surface area contributed by atoms with E-state index < -0.39 is 0 Å². The lowest BCUT2D eigenvalue weighted by molar-refractivity contribution is 1.07. The third kappa shape index (κ3) is 7.11. The molecule has 0 fully saturated rings. The van der Waals surface area contributed by atoms with E-state index in [0.29, 0.717) is 17.5 Å². The summed E-state index contributed by atoms with van der Waals surface area (Å²) in [6.45, 7) is 2.20. The Balaban J connectivity index is 1.20. The van der Waals surface area contributed by atoms with Gasteiger partial charge in [0.1, 0.15) is 0 Å². The van der Waals surface area contributed by atoms with Crippen LogP contribution < -0.4 is 4.90 Å². The highest BCUT2D eigenvalue weighted by atomic mass is 15.1. The van der Waals surface area contributed by atoms with Crippen LogP contribution in [0.3, 0.4) is 0 Å². The van der Waals surface area contributed by atoms with Crippen LogP contribution in [-0.4, -0.2) is 19.5 Å². The Kier molecular flexibility index (Phi) is 9.68. The van der Waals surface area contributed by atoms with E-state index in [1.54, 1.807) is 0 Å². The zero-order valence-electron chi connectivity index (χ0n) is 34.7. The van der Waals surface area contributed by atoms with Crippen molar-refractivity contribution in [3.05, 3.63) is 236 Å². The van der Waals surface area contributed by atoms with E-state index in [9.17, 15) is 0 Å². The first-order chi connectivity index (χ1) is 31.2. The fourth-order valence-corrected chi connectivity index (χ4v) is 8.72. The van der Waals surface area contributed by atoms with E-state index in [2.05, 4.69) is 186 Å². The Bertz CT molecular complexity index is 3290. The largest absolute Gasteiger partial charge is 0.310 e. The Hall–Kier alpha value is -8.41. The Labute approximate surface area is 366 Å². The molecule has 0 N–H and O–H groups in total. The quantitative estimate of drug-likeness (QED) is 0.146. The van der Waals surface area contributed by atoms with Gasteiger partial charge < -0.3 is 9.47 Å². The molecule has 0 saturated heterocycles. The second-order valence-electron chi connectivity index (χ2n) is 15.7. The van der Waals surface area contributed by atoms with Crippen LogP contribution in [0.2, 0.25) is 0 Å². The van der Waals surface area contributed by atoms with Crippen LogP contribution in [0.5, 0.6) is 0 Å². The zero-order chi connectivity index (χ0) is 42.1. The molecule has 0 aliphatic heterocycles. The number of para-hydroxylation sites is 2. The average Bonchev–Trinajstić information content (AvgIpc) is 3.68. The SMILES string of the molecule is Cc1ccccc1-c1cc2c3ccc(-c4ccccc4)cc3n(-c3cccc(-c4nc(-c5ccccc5)nc(-c5ccccc5)n4)c3)c2cc1N(c1ccccc1)c1ccccc1. The van der Waals surface area contributed by atoms with Gasteiger partial charge in [0, 0.05) is 50.1 Å². The van der Waals surface area contributed by atoms with Crippen molar-refractivity contribution in [3.8, 4) is 62.1 Å². The molecule has 0 saturated carbocycles. The summed E-state index contributed by atoms with van der Waals surface area (Å²) >= 11 is 0. The predicted octanol–water partition coefficient (Wildman–Crippen LogP) is 15.1. The molecular weight excluding hydrogens is 767 g/mol. The molecule has 0 amide bonds. The molecule has 11 rings (SSSR count). The van der Waals surface area contributed by atoms with E-state index >= 15 is 0 Å². The van der Waals surface area contributed by atoms with Gasteiger partial charge in [0.2, 0.25) is 0 Å². The fraction of sp³-hybridized carbons (Fsp3) is 0.0172. The number of rotatable bonds is 9. The molecule has 11 aromatic rings. The molecule has 63 heavy (non-hydrogen) atoms. The van der Waals surface area contributed by atoms with Crippen LogP contribution in [0, 0.1) is 6.92 Å². The van der Waals surface area contributed by atoms with Crippen molar-refractivity contribution in [2.24, 2.45) is 0 Å². The third-order valence-corrected chi connectivity index (χ3v) is 11.8. The van der Waals surface area contributed by atoms with Crippen molar-refractivity contribution in [3.63, 3.8) is 0 Å². The number of benzene rings is 9. The van der Waals surface area contributed by atoms with Gasteiger partial charge in [0.05, 0.1) is 16.7 Å². The lowest BCUT2D eigenvalue weighted by Crippen LogP contribution is -2.11. The normalized spacial score (nSPS) is 11.3. The minimum atomic E-state index is 0.608. The van der Waals surface area contributed by atoms with Crippen LogP contribution in [0.25, 0.3) is 83.9 Å². The second kappa shape index (κ2) is 16.2. The molecule has 0 bridgehead atoms. The van der Waals surface area contributed by atoms with Crippen LogP contribution >= 0.6 is 0 Å². The molecule has 2 heterocycles. The lowest BCUT2D eigenvalue weighted by Gasteiger charge is -2.28. The van der Waals surface area contributed by atoms with Gasteiger partial charge in [-0.2, -0.15) is 0 Å². The van der Waals surface area contributed by atoms with Crippen molar-refractivity contribution >= 4 is 38.9 Å². The zero-order valence-corrected chi connectivity index (χ0v) is 34.7. The maximum atomic E-state index is 5.12. The van der Waals surface area contributed by atoms with E-state index in [-0.39, 0.29) is 0 Å². The monoisotopic (exact) mass is 807 g/mol. The molecule has 5 heteroatoms. The van der Waals surface area contributed by atoms with E-state index in [1.807, 2.05) is 60.7 Å². The predicted molar refractivity (Wildman–Crippen MR) is 261 cm³/mol. The summed E-state index contributed by atoms with van der Waals surface area (Å²) in [4.78, 5) is 17.6. The highest BCUT2D eigenvalue weighted by molar-refractivity contribution is 6.14. The Morgan fingerprint density at radius 2 is 0.841 bits per heavy atom.